The summed E-state index contributed by atoms with van der Waals surface area (Å²) < 4.78 is 15.3. The quantitative estimate of drug-likeness (QED) is 0.500. The minimum Gasteiger partial charge on any atom is -0.462 e. The van der Waals surface area contributed by atoms with Gasteiger partial charge in [-0.1, -0.05) is 30.3 Å². The van der Waals surface area contributed by atoms with E-state index in [1.807, 2.05) is 0 Å². The number of ether oxygens (including phenoxy) is 3. The summed E-state index contributed by atoms with van der Waals surface area (Å²) in [5.41, 5.74) is 0.866. The van der Waals surface area contributed by atoms with Crippen LogP contribution < -0.4 is 5.32 Å². The van der Waals surface area contributed by atoms with Crippen molar-refractivity contribution in [3.8, 4) is 0 Å². The van der Waals surface area contributed by atoms with Gasteiger partial charge < -0.3 is 19.5 Å². The normalized spacial score (nSPS) is 11.3. The number of hydrogen-bond acceptors (Lipinski definition) is 8. The Bertz CT molecular complexity index is 936. The number of thiophene rings is 1. The Kier molecular flexibility index (Phi) is 8.11. The number of nitrogens with one attached hydrogen (secondary N) is 1. The van der Waals surface area contributed by atoms with Gasteiger partial charge in [0.25, 0.3) is 5.91 Å². The molecule has 0 bridgehead atoms. The first-order valence-electron chi connectivity index (χ1n) is 9.30. The van der Waals surface area contributed by atoms with Crippen LogP contribution >= 0.6 is 11.3 Å². The van der Waals surface area contributed by atoms with Gasteiger partial charge in [0.05, 0.1) is 18.8 Å². The summed E-state index contributed by atoms with van der Waals surface area (Å²) in [4.78, 5) is 49.4. The molecule has 1 aromatic carbocycles. The van der Waals surface area contributed by atoms with Crippen molar-refractivity contribution in [1.29, 1.82) is 0 Å². The average molecular weight is 433 g/mol. The lowest BCUT2D eigenvalue weighted by atomic mass is 10.1. The van der Waals surface area contributed by atoms with E-state index < -0.39 is 29.9 Å². The van der Waals surface area contributed by atoms with E-state index in [1.54, 1.807) is 51.1 Å². The lowest BCUT2D eigenvalue weighted by Crippen LogP contribution is -2.25. The first-order chi connectivity index (χ1) is 14.3. The van der Waals surface area contributed by atoms with Crippen LogP contribution in [0.3, 0.4) is 0 Å². The second kappa shape index (κ2) is 10.5. The minimum atomic E-state index is -1.23. The Balaban J connectivity index is 2.44. The van der Waals surface area contributed by atoms with Gasteiger partial charge in [-0.05, 0) is 26.3 Å². The van der Waals surface area contributed by atoms with E-state index in [4.69, 9.17) is 14.2 Å². The van der Waals surface area contributed by atoms with Crippen molar-refractivity contribution in [3.63, 3.8) is 0 Å². The van der Waals surface area contributed by atoms with Gasteiger partial charge in [-0.25, -0.2) is 9.59 Å². The molecule has 0 fully saturated rings. The average Bonchev–Trinajstić information content (AvgIpc) is 3.03. The molecular weight excluding hydrogens is 410 g/mol. The molecule has 1 unspecified atom stereocenters. The van der Waals surface area contributed by atoms with Gasteiger partial charge in [-0.15, -0.1) is 11.3 Å². The molecule has 30 heavy (non-hydrogen) atoms. The summed E-state index contributed by atoms with van der Waals surface area (Å²) >= 11 is 0.900. The fraction of sp³-hybridized carbons (Fsp3) is 0.333. The van der Waals surface area contributed by atoms with Gasteiger partial charge in [0.1, 0.15) is 9.88 Å². The van der Waals surface area contributed by atoms with Crippen LogP contribution in [-0.2, 0) is 23.8 Å². The Morgan fingerprint density at radius 3 is 2.17 bits per heavy atom. The van der Waals surface area contributed by atoms with Crippen molar-refractivity contribution in [2.24, 2.45) is 0 Å². The van der Waals surface area contributed by atoms with Gasteiger partial charge in [-0.2, -0.15) is 0 Å². The molecule has 2 rings (SSSR count). The molecule has 1 atom stereocenters. The molecule has 1 N–H and O–H groups in total. The van der Waals surface area contributed by atoms with Gasteiger partial charge in [0, 0.05) is 12.5 Å². The van der Waals surface area contributed by atoms with E-state index >= 15 is 0 Å². The molecule has 0 aliphatic heterocycles. The highest BCUT2D eigenvalue weighted by Crippen LogP contribution is 2.35. The van der Waals surface area contributed by atoms with Crippen LogP contribution in [0.5, 0.6) is 0 Å². The van der Waals surface area contributed by atoms with Crippen LogP contribution in [0.1, 0.15) is 58.0 Å². The molecule has 0 saturated heterocycles. The fourth-order valence-corrected chi connectivity index (χ4v) is 3.78. The molecule has 0 saturated carbocycles. The smallest absolute Gasteiger partial charge is 0.348 e. The molecule has 2 aromatic rings. The summed E-state index contributed by atoms with van der Waals surface area (Å²) in [7, 11) is 0. The lowest BCUT2D eigenvalue weighted by molar-refractivity contribution is -0.152. The predicted octanol–water partition coefficient (Wildman–Crippen LogP) is 3.65. The predicted molar refractivity (Wildman–Crippen MR) is 111 cm³/mol. The largest absolute Gasteiger partial charge is 0.462 e. The molecule has 9 heteroatoms. The number of hydrogen-bond donors (Lipinski definition) is 1. The van der Waals surface area contributed by atoms with Crippen LogP contribution in [0.4, 0.5) is 5.00 Å². The number of rotatable bonds is 8. The fourth-order valence-electron chi connectivity index (χ4n) is 2.69. The molecule has 0 spiro atoms. The van der Waals surface area contributed by atoms with Crippen molar-refractivity contribution < 1.29 is 33.4 Å². The zero-order valence-corrected chi connectivity index (χ0v) is 18.0. The summed E-state index contributed by atoms with van der Waals surface area (Å²) in [6, 6.07) is 8.46. The van der Waals surface area contributed by atoms with E-state index in [2.05, 4.69) is 5.32 Å². The summed E-state index contributed by atoms with van der Waals surface area (Å²) in [5, 5.41) is 2.72. The zero-order valence-electron chi connectivity index (χ0n) is 17.1. The van der Waals surface area contributed by atoms with Crippen molar-refractivity contribution in [1.82, 2.24) is 0 Å². The number of benzene rings is 1. The van der Waals surface area contributed by atoms with Crippen molar-refractivity contribution in [2.75, 3.05) is 18.5 Å². The molecule has 1 heterocycles. The zero-order chi connectivity index (χ0) is 22.3. The Morgan fingerprint density at radius 1 is 1.00 bits per heavy atom. The highest BCUT2D eigenvalue weighted by atomic mass is 32.1. The Hall–Kier alpha value is -3.20. The van der Waals surface area contributed by atoms with Gasteiger partial charge >= 0.3 is 17.9 Å². The van der Waals surface area contributed by atoms with Crippen molar-refractivity contribution >= 4 is 40.2 Å². The second-order valence-corrected chi connectivity index (χ2v) is 7.11. The van der Waals surface area contributed by atoms with E-state index in [9.17, 15) is 19.2 Å². The van der Waals surface area contributed by atoms with E-state index in [0.29, 0.717) is 11.1 Å². The van der Waals surface area contributed by atoms with Crippen molar-refractivity contribution in [2.45, 2.75) is 33.8 Å². The number of carbonyl (C=O) groups excluding carboxylic acids is 4. The minimum absolute atomic E-state index is 0.0629. The Morgan fingerprint density at radius 2 is 1.60 bits per heavy atom. The molecule has 1 aromatic heterocycles. The van der Waals surface area contributed by atoms with Crippen LogP contribution in [-0.4, -0.2) is 37.0 Å². The molecule has 0 aliphatic rings. The maximum absolute atomic E-state index is 12.9. The number of carbonyl (C=O) groups is 4. The second-order valence-electron chi connectivity index (χ2n) is 6.09. The number of esters is 3. The third-order valence-electron chi connectivity index (χ3n) is 3.95. The molecule has 0 aliphatic carbocycles. The lowest BCUT2D eigenvalue weighted by Gasteiger charge is -2.17. The molecule has 8 nitrogen and oxygen atoms in total. The number of amides is 1. The van der Waals surface area contributed by atoms with Gasteiger partial charge in [0.15, 0.2) is 0 Å². The van der Waals surface area contributed by atoms with Crippen LogP contribution in [0.25, 0.3) is 0 Å². The van der Waals surface area contributed by atoms with Crippen LogP contribution in [0.2, 0.25) is 0 Å². The van der Waals surface area contributed by atoms with E-state index in [1.165, 1.54) is 6.92 Å². The molecule has 0 radical (unpaired) electrons. The summed E-state index contributed by atoms with van der Waals surface area (Å²) in [5.74, 6) is -2.59. The third-order valence-corrected chi connectivity index (χ3v) is 5.14. The first kappa shape index (κ1) is 23.1. The topological polar surface area (TPSA) is 108 Å². The SMILES string of the molecule is CCOC(=O)c1sc(NC(=O)C(OC(C)=O)c2ccccc2)c(C(=O)OCC)c1C. The monoisotopic (exact) mass is 433 g/mol. The Labute approximate surface area is 178 Å². The highest BCUT2D eigenvalue weighted by molar-refractivity contribution is 7.18. The van der Waals surface area contributed by atoms with E-state index in [0.717, 1.165) is 11.3 Å². The summed E-state index contributed by atoms with van der Waals surface area (Å²) in [6.45, 7) is 6.37. The number of anilines is 1. The third kappa shape index (κ3) is 5.44. The maximum atomic E-state index is 12.9. The van der Waals surface area contributed by atoms with Crippen LogP contribution in [0, 0.1) is 6.92 Å². The highest BCUT2D eigenvalue weighted by Gasteiger charge is 2.30. The molecule has 160 valence electrons. The van der Waals surface area contributed by atoms with Crippen LogP contribution in [0.15, 0.2) is 30.3 Å². The first-order valence-corrected chi connectivity index (χ1v) is 10.1. The molecular formula is C21H23NO7S. The van der Waals surface area contributed by atoms with Crippen molar-refractivity contribution in [3.05, 3.63) is 51.9 Å². The molecule has 1 amide bonds. The summed E-state index contributed by atoms with van der Waals surface area (Å²) in [6.07, 6.45) is -1.23. The van der Waals surface area contributed by atoms with E-state index in [-0.39, 0.29) is 28.7 Å². The van der Waals surface area contributed by atoms with Gasteiger partial charge in [-0.3, -0.25) is 9.59 Å². The maximum Gasteiger partial charge on any atom is 0.348 e. The van der Waals surface area contributed by atoms with Gasteiger partial charge in [0.2, 0.25) is 6.10 Å². The standard InChI is InChI=1S/C21H23NO7S/c1-5-27-20(25)15-12(3)17(21(26)28-6-2)30-19(15)22-18(24)16(29-13(4)23)14-10-8-7-9-11-14/h7-11,16H,5-6H2,1-4H3,(H,22,24).